The number of rotatable bonds is 4. The lowest BCUT2D eigenvalue weighted by Crippen LogP contribution is -2.53. The fraction of sp³-hybridized carbons (Fsp3) is 0.391. The van der Waals surface area contributed by atoms with Gasteiger partial charge in [-0.3, -0.25) is 9.69 Å². The second-order valence-electron chi connectivity index (χ2n) is 7.52. The zero-order chi connectivity index (χ0) is 23.6. The van der Waals surface area contributed by atoms with Crippen molar-refractivity contribution >= 4 is 23.4 Å². The molecule has 3 rings (SSSR count). The maximum atomic E-state index is 13.5. The molecule has 1 aliphatic heterocycles. The lowest BCUT2D eigenvalue weighted by molar-refractivity contribution is -0.274. The monoisotopic (exact) mass is 450 g/mol. The number of ether oxygens (including phenoxy) is 2. The summed E-state index contributed by atoms with van der Waals surface area (Å²) in [6.45, 7) is 7.61. The summed E-state index contributed by atoms with van der Waals surface area (Å²) in [5.74, 6) is -1.22. The zero-order valence-corrected chi connectivity index (χ0v) is 18.3. The zero-order valence-electron chi connectivity index (χ0n) is 18.3. The van der Waals surface area contributed by atoms with Crippen molar-refractivity contribution in [3.63, 3.8) is 0 Å². The van der Waals surface area contributed by atoms with Crippen LogP contribution in [0.4, 0.5) is 29.3 Å². The number of carbonyl (C=O) groups excluding carboxylic acids is 2. The third kappa shape index (κ3) is 4.66. The molecule has 0 saturated heterocycles. The molecule has 2 aromatic carbocycles. The van der Waals surface area contributed by atoms with E-state index in [2.05, 4.69) is 4.74 Å². The predicted molar refractivity (Wildman–Crippen MR) is 114 cm³/mol. The van der Waals surface area contributed by atoms with Crippen molar-refractivity contribution in [1.29, 1.82) is 0 Å². The average molecular weight is 450 g/mol. The third-order valence-electron chi connectivity index (χ3n) is 5.42. The lowest BCUT2D eigenvalue weighted by atomic mass is 9.99. The number of carbonyl (C=O) groups is 2. The molecule has 6 nitrogen and oxygen atoms in total. The highest BCUT2D eigenvalue weighted by molar-refractivity contribution is 6.11. The van der Waals surface area contributed by atoms with Crippen LogP contribution >= 0.6 is 0 Å². The van der Waals surface area contributed by atoms with Crippen LogP contribution in [0.2, 0.25) is 0 Å². The van der Waals surface area contributed by atoms with Gasteiger partial charge in [-0.15, -0.1) is 13.2 Å². The Morgan fingerprint density at radius 1 is 1.06 bits per heavy atom. The van der Waals surface area contributed by atoms with Gasteiger partial charge in [-0.2, -0.15) is 0 Å². The van der Waals surface area contributed by atoms with Crippen LogP contribution in [-0.4, -0.2) is 37.6 Å². The van der Waals surface area contributed by atoms with E-state index in [1.165, 1.54) is 28.0 Å². The minimum absolute atomic E-state index is 0.101. The number of fused-ring (bicyclic) bond motifs is 1. The summed E-state index contributed by atoms with van der Waals surface area (Å²) in [5, 5.41) is 0. The van der Waals surface area contributed by atoms with Crippen LogP contribution in [-0.2, 0) is 4.74 Å². The molecule has 0 saturated carbocycles. The fourth-order valence-corrected chi connectivity index (χ4v) is 3.73. The Kier molecular flexibility index (Phi) is 6.66. The summed E-state index contributed by atoms with van der Waals surface area (Å²) in [5.41, 5.74) is 2.47. The standard InChI is InChI=1S/C23H25F3N2O4/c1-5-16-13-27(21(29)17-9-7-8-10-20(17)32-23(24,25)26)18-11-14(3)15(4)12-19(18)28(16)22(30)31-6-2/h7-12,16H,5-6,13H2,1-4H3. The van der Waals surface area contributed by atoms with Crippen molar-refractivity contribution in [3.8, 4) is 5.75 Å². The van der Waals surface area contributed by atoms with Crippen molar-refractivity contribution in [1.82, 2.24) is 0 Å². The first-order valence-corrected chi connectivity index (χ1v) is 10.3. The van der Waals surface area contributed by atoms with E-state index in [1.54, 1.807) is 19.1 Å². The van der Waals surface area contributed by atoms with Gasteiger partial charge in [0.25, 0.3) is 5.91 Å². The molecule has 0 N–H and O–H groups in total. The number of halogens is 3. The quantitative estimate of drug-likeness (QED) is 0.608. The summed E-state index contributed by atoms with van der Waals surface area (Å²) in [6, 6.07) is 8.38. The molecule has 1 unspecified atom stereocenters. The molecule has 0 bridgehead atoms. The molecule has 1 heterocycles. The first-order valence-electron chi connectivity index (χ1n) is 10.3. The Hall–Kier alpha value is -3.23. The molecule has 0 aromatic heterocycles. The molecule has 0 radical (unpaired) electrons. The maximum Gasteiger partial charge on any atom is 0.573 e. The Labute approximate surface area is 184 Å². The van der Waals surface area contributed by atoms with E-state index in [4.69, 9.17) is 4.74 Å². The summed E-state index contributed by atoms with van der Waals surface area (Å²) in [7, 11) is 0. The smallest absolute Gasteiger partial charge is 0.449 e. The highest BCUT2D eigenvalue weighted by Crippen LogP contribution is 2.40. The molecule has 2 aromatic rings. The fourth-order valence-electron chi connectivity index (χ4n) is 3.73. The van der Waals surface area contributed by atoms with E-state index in [9.17, 15) is 22.8 Å². The second kappa shape index (κ2) is 9.10. The highest BCUT2D eigenvalue weighted by atomic mass is 19.4. The molecule has 172 valence electrons. The number of amides is 2. The average Bonchev–Trinajstić information content (AvgIpc) is 2.72. The minimum Gasteiger partial charge on any atom is -0.449 e. The van der Waals surface area contributed by atoms with Gasteiger partial charge in [0.05, 0.1) is 29.6 Å². The van der Waals surface area contributed by atoms with Crippen LogP contribution in [0.1, 0.15) is 41.8 Å². The van der Waals surface area contributed by atoms with Gasteiger partial charge in [0, 0.05) is 6.54 Å². The van der Waals surface area contributed by atoms with Gasteiger partial charge < -0.3 is 14.4 Å². The molecular weight excluding hydrogens is 425 g/mol. The number of anilines is 2. The maximum absolute atomic E-state index is 13.5. The number of hydrogen-bond donors (Lipinski definition) is 0. The van der Waals surface area contributed by atoms with Crippen molar-refractivity contribution in [3.05, 3.63) is 53.1 Å². The second-order valence-corrected chi connectivity index (χ2v) is 7.52. The van der Waals surface area contributed by atoms with Crippen molar-refractivity contribution in [2.75, 3.05) is 23.0 Å². The number of alkyl halides is 3. The number of benzene rings is 2. The Morgan fingerprint density at radius 2 is 1.69 bits per heavy atom. The summed E-state index contributed by atoms with van der Waals surface area (Å²) in [4.78, 5) is 29.1. The Balaban J connectivity index is 2.12. The van der Waals surface area contributed by atoms with Gasteiger partial charge in [0.1, 0.15) is 5.75 Å². The predicted octanol–water partition coefficient (Wildman–Crippen LogP) is 5.60. The van der Waals surface area contributed by atoms with Gasteiger partial charge in [0.15, 0.2) is 0 Å². The van der Waals surface area contributed by atoms with Crippen LogP contribution in [0.5, 0.6) is 5.75 Å². The van der Waals surface area contributed by atoms with Crippen LogP contribution in [0, 0.1) is 13.8 Å². The molecular formula is C23H25F3N2O4. The molecule has 0 fully saturated rings. The first-order chi connectivity index (χ1) is 15.1. The summed E-state index contributed by atoms with van der Waals surface area (Å²) >= 11 is 0. The van der Waals surface area contributed by atoms with Crippen LogP contribution in [0.15, 0.2) is 36.4 Å². The van der Waals surface area contributed by atoms with E-state index in [1.807, 2.05) is 20.8 Å². The third-order valence-corrected chi connectivity index (χ3v) is 5.42. The van der Waals surface area contributed by atoms with E-state index in [-0.39, 0.29) is 18.7 Å². The normalized spacial score (nSPS) is 15.9. The van der Waals surface area contributed by atoms with Crippen LogP contribution in [0.3, 0.4) is 0 Å². The van der Waals surface area contributed by atoms with Gasteiger partial charge >= 0.3 is 12.5 Å². The van der Waals surface area contributed by atoms with Gasteiger partial charge in [0.2, 0.25) is 0 Å². The Morgan fingerprint density at radius 3 is 2.28 bits per heavy atom. The molecule has 0 aliphatic carbocycles. The number of aryl methyl sites for hydroxylation is 2. The largest absolute Gasteiger partial charge is 0.573 e. The molecule has 1 aliphatic rings. The molecule has 1 atom stereocenters. The van der Waals surface area contributed by atoms with E-state index < -0.39 is 30.2 Å². The van der Waals surface area contributed by atoms with Crippen molar-refractivity contribution < 1.29 is 32.2 Å². The summed E-state index contributed by atoms with van der Waals surface area (Å²) in [6.07, 6.45) is -4.96. The van der Waals surface area contributed by atoms with Gasteiger partial charge in [-0.1, -0.05) is 19.1 Å². The topological polar surface area (TPSA) is 59.1 Å². The Bertz CT molecular complexity index is 1020. The number of para-hydroxylation sites is 1. The van der Waals surface area contributed by atoms with Crippen LogP contribution < -0.4 is 14.5 Å². The molecule has 9 heteroatoms. The summed E-state index contributed by atoms with van der Waals surface area (Å²) < 4.78 is 48.0. The minimum atomic E-state index is -4.93. The van der Waals surface area contributed by atoms with Gasteiger partial charge in [-0.05, 0) is 62.6 Å². The SMILES string of the molecule is CCOC(=O)N1c2cc(C)c(C)cc2N(C(=O)c2ccccc2OC(F)(F)F)CC1CC. The molecule has 2 amide bonds. The molecule has 32 heavy (non-hydrogen) atoms. The highest BCUT2D eigenvalue weighted by Gasteiger charge is 2.39. The van der Waals surface area contributed by atoms with E-state index in [0.717, 1.165) is 17.2 Å². The van der Waals surface area contributed by atoms with Gasteiger partial charge in [-0.25, -0.2) is 4.79 Å². The molecule has 0 spiro atoms. The van der Waals surface area contributed by atoms with Crippen LogP contribution in [0.25, 0.3) is 0 Å². The van der Waals surface area contributed by atoms with Crippen molar-refractivity contribution in [2.24, 2.45) is 0 Å². The van der Waals surface area contributed by atoms with Crippen molar-refractivity contribution in [2.45, 2.75) is 46.5 Å². The lowest BCUT2D eigenvalue weighted by Gasteiger charge is -2.42. The number of hydrogen-bond acceptors (Lipinski definition) is 4. The van der Waals surface area contributed by atoms with E-state index in [0.29, 0.717) is 17.8 Å². The number of nitrogens with zero attached hydrogens (tertiary/aromatic N) is 2. The van der Waals surface area contributed by atoms with E-state index >= 15 is 0 Å². The first kappa shape index (κ1) is 23.4.